The van der Waals surface area contributed by atoms with Crippen molar-refractivity contribution >= 4 is 0 Å². The summed E-state index contributed by atoms with van der Waals surface area (Å²) in [6, 6.07) is -0.132. The first-order chi connectivity index (χ1) is 12.7. The van der Waals surface area contributed by atoms with Gasteiger partial charge in [0.05, 0.1) is 36.8 Å². The van der Waals surface area contributed by atoms with Gasteiger partial charge in [-0.1, -0.05) is 13.5 Å². The topological polar surface area (TPSA) is 83.8 Å². The predicted octanol–water partition coefficient (Wildman–Crippen LogP) is 1.80. The summed E-state index contributed by atoms with van der Waals surface area (Å²) >= 11 is 0. The summed E-state index contributed by atoms with van der Waals surface area (Å²) in [6.45, 7) is 9.62. The molecule has 0 aromatic rings. The highest BCUT2D eigenvalue weighted by atomic mass is 16.5. The molecule has 2 spiro atoms. The van der Waals surface area contributed by atoms with E-state index in [-0.39, 0.29) is 39.3 Å². The molecule has 1 heterocycles. The van der Waals surface area contributed by atoms with Crippen LogP contribution in [0.15, 0.2) is 12.2 Å². The highest BCUT2D eigenvalue weighted by Gasteiger charge is 2.88. The molecule has 0 aromatic heterocycles. The number of fused-ring (bicyclic) bond motifs is 1. The van der Waals surface area contributed by atoms with Crippen LogP contribution in [-0.2, 0) is 0 Å². The van der Waals surface area contributed by atoms with Crippen LogP contribution in [-0.4, -0.2) is 57.4 Å². The second-order valence-corrected chi connectivity index (χ2v) is 11.2. The first kappa shape index (κ1) is 17.4. The van der Waals surface area contributed by atoms with E-state index in [1.165, 1.54) is 0 Å². The van der Waals surface area contributed by atoms with Gasteiger partial charge < -0.3 is 25.2 Å². The Balaban J connectivity index is 1.63. The Bertz CT molecular complexity index is 742. The van der Waals surface area contributed by atoms with E-state index >= 15 is 0 Å². The molecule has 0 amide bonds. The number of aliphatic hydroxyl groups excluding tert-OH is 3. The number of hydrogen-bond donors (Lipinski definition) is 3. The minimum atomic E-state index is -0.638. The Labute approximate surface area is 161 Å². The fraction of sp³-hybridized carbons (Fsp3) is 0.909. The summed E-state index contributed by atoms with van der Waals surface area (Å²) in [5.74, 6) is 0.473. The molecule has 5 aliphatic carbocycles. The quantitative estimate of drug-likeness (QED) is 0.371. The maximum atomic E-state index is 14.2. The Morgan fingerprint density at radius 2 is 1.96 bits per heavy atom. The van der Waals surface area contributed by atoms with Crippen LogP contribution >= 0.6 is 0 Å². The van der Waals surface area contributed by atoms with Gasteiger partial charge in [-0.2, -0.15) is 0 Å². The summed E-state index contributed by atoms with van der Waals surface area (Å²) in [5.41, 5.74) is -0.0521. The van der Waals surface area contributed by atoms with E-state index in [9.17, 15) is 20.5 Å². The minimum absolute atomic E-state index is 0.0344. The summed E-state index contributed by atoms with van der Waals surface area (Å²) in [7, 11) is 0. The average molecular weight is 376 g/mol. The molecule has 6 aliphatic rings. The standard InChI is InChI=1S/C22H33NO4/c1-4-23(27)10-20(3)6-5-17(25)22-15(20)7-13(18(22)23)21-9-12(11(2)19(21)26)14(24)8-16(21)22/h12-19,24-26H,2,4-10H2,1,3H3/t12-,13-,14-,15+,16+,17-,18-,19+,20-,21-,22-,23-/m0/s1. The zero-order chi connectivity index (χ0) is 19.1. The van der Waals surface area contributed by atoms with E-state index in [0.29, 0.717) is 25.4 Å². The van der Waals surface area contributed by atoms with Crippen molar-refractivity contribution in [2.45, 2.75) is 70.3 Å². The van der Waals surface area contributed by atoms with Gasteiger partial charge in [0.2, 0.25) is 0 Å². The molecule has 1 aliphatic heterocycles. The predicted molar refractivity (Wildman–Crippen MR) is 100 cm³/mol. The van der Waals surface area contributed by atoms with Crippen molar-refractivity contribution < 1.29 is 20.0 Å². The smallest absolute Gasteiger partial charge is 0.101 e. The third kappa shape index (κ3) is 1.49. The molecule has 1 saturated heterocycles. The average Bonchev–Trinajstić information content (AvgIpc) is 3.17. The van der Waals surface area contributed by atoms with Gasteiger partial charge in [0, 0.05) is 22.7 Å². The van der Waals surface area contributed by atoms with Crippen LogP contribution in [0.25, 0.3) is 0 Å². The SMILES string of the molecule is C=C1[C@@H](O)[C@]23C[C@@H]1[C@@H](O)C[C@H]2[C@]12[C@@H]4C[C@H]3[C@@H]1[N@+]([O-])(CC)C[C@]4(C)CC[C@@H]2O. The Morgan fingerprint density at radius 1 is 1.22 bits per heavy atom. The van der Waals surface area contributed by atoms with Crippen molar-refractivity contribution in [3.05, 3.63) is 17.4 Å². The van der Waals surface area contributed by atoms with Gasteiger partial charge in [0.25, 0.3) is 0 Å². The van der Waals surface area contributed by atoms with Crippen molar-refractivity contribution in [2.24, 2.45) is 39.9 Å². The summed E-state index contributed by atoms with van der Waals surface area (Å²) < 4.78 is -0.215. The molecule has 5 heteroatoms. The van der Waals surface area contributed by atoms with Crippen LogP contribution in [0.5, 0.6) is 0 Å². The van der Waals surface area contributed by atoms with E-state index in [2.05, 4.69) is 13.5 Å². The first-order valence-electron chi connectivity index (χ1n) is 11.0. The number of quaternary nitrogens is 1. The van der Waals surface area contributed by atoms with Crippen molar-refractivity contribution in [3.63, 3.8) is 0 Å². The normalized spacial score (nSPS) is 68.3. The lowest BCUT2D eigenvalue weighted by Gasteiger charge is -2.68. The first-order valence-corrected chi connectivity index (χ1v) is 11.0. The zero-order valence-electron chi connectivity index (χ0n) is 16.5. The maximum absolute atomic E-state index is 14.2. The van der Waals surface area contributed by atoms with E-state index in [1.54, 1.807) is 0 Å². The molecule has 6 fully saturated rings. The van der Waals surface area contributed by atoms with Crippen LogP contribution in [0, 0.1) is 45.1 Å². The molecule has 150 valence electrons. The van der Waals surface area contributed by atoms with Gasteiger partial charge in [-0.15, -0.1) is 0 Å². The summed E-state index contributed by atoms with van der Waals surface area (Å²) in [6.07, 6.45) is 2.37. The minimum Gasteiger partial charge on any atom is -0.633 e. The highest BCUT2D eigenvalue weighted by molar-refractivity contribution is 5.38. The lowest BCUT2D eigenvalue weighted by Crippen LogP contribution is -2.73. The monoisotopic (exact) mass is 375 g/mol. The molecule has 27 heavy (non-hydrogen) atoms. The highest BCUT2D eigenvalue weighted by Crippen LogP contribution is 2.84. The van der Waals surface area contributed by atoms with Crippen LogP contribution in [0.1, 0.15) is 46.0 Å². The number of rotatable bonds is 1. The molecule has 0 unspecified atom stereocenters. The molecule has 0 aromatic carbocycles. The fourth-order valence-electron chi connectivity index (χ4n) is 10.3. The Hall–Kier alpha value is -0.460. The molecule has 7 bridgehead atoms. The van der Waals surface area contributed by atoms with Crippen LogP contribution in [0.3, 0.4) is 0 Å². The summed E-state index contributed by atoms with van der Waals surface area (Å²) in [5, 5.41) is 48.0. The van der Waals surface area contributed by atoms with Crippen molar-refractivity contribution in [1.82, 2.24) is 0 Å². The molecule has 5 saturated carbocycles. The molecule has 6 rings (SSSR count). The third-order valence-electron chi connectivity index (χ3n) is 10.9. The molecule has 12 atom stereocenters. The maximum Gasteiger partial charge on any atom is 0.101 e. The van der Waals surface area contributed by atoms with Crippen LogP contribution in [0.2, 0.25) is 0 Å². The number of aliphatic hydroxyl groups is 3. The zero-order valence-corrected chi connectivity index (χ0v) is 16.5. The number of hydrogen-bond acceptors (Lipinski definition) is 4. The Morgan fingerprint density at radius 3 is 2.67 bits per heavy atom. The van der Waals surface area contributed by atoms with Gasteiger partial charge >= 0.3 is 0 Å². The van der Waals surface area contributed by atoms with Gasteiger partial charge in [-0.05, 0) is 56.4 Å². The lowest BCUT2D eigenvalue weighted by molar-refractivity contribution is -0.927. The second-order valence-electron chi connectivity index (χ2n) is 11.2. The third-order valence-corrected chi connectivity index (χ3v) is 10.9. The molecular formula is C22H33NO4. The van der Waals surface area contributed by atoms with E-state index in [0.717, 1.165) is 31.3 Å². The molecule has 0 radical (unpaired) electrons. The van der Waals surface area contributed by atoms with Gasteiger partial charge in [-0.3, -0.25) is 0 Å². The van der Waals surface area contributed by atoms with Crippen molar-refractivity contribution in [3.8, 4) is 0 Å². The van der Waals surface area contributed by atoms with Crippen molar-refractivity contribution in [2.75, 3.05) is 13.1 Å². The molecule has 3 N–H and O–H groups in total. The number of likely N-dealkylation sites (tertiary alicyclic amines) is 1. The van der Waals surface area contributed by atoms with E-state index < -0.39 is 23.7 Å². The number of nitrogens with zero attached hydrogens (tertiary/aromatic N) is 1. The van der Waals surface area contributed by atoms with Crippen molar-refractivity contribution in [1.29, 1.82) is 0 Å². The molecular weight excluding hydrogens is 342 g/mol. The Kier molecular flexibility index (Phi) is 2.99. The van der Waals surface area contributed by atoms with Gasteiger partial charge in [0.15, 0.2) is 0 Å². The van der Waals surface area contributed by atoms with E-state index in [1.807, 2.05) is 6.92 Å². The van der Waals surface area contributed by atoms with Gasteiger partial charge in [-0.25, -0.2) is 0 Å². The largest absolute Gasteiger partial charge is 0.633 e. The van der Waals surface area contributed by atoms with E-state index in [4.69, 9.17) is 0 Å². The summed E-state index contributed by atoms with van der Waals surface area (Å²) in [4.78, 5) is 0. The second kappa shape index (κ2) is 4.65. The van der Waals surface area contributed by atoms with Gasteiger partial charge in [0.1, 0.15) is 6.04 Å². The number of hydroxylamine groups is 3. The molecule has 5 nitrogen and oxygen atoms in total. The van der Waals surface area contributed by atoms with Crippen LogP contribution in [0.4, 0.5) is 0 Å². The van der Waals surface area contributed by atoms with Crippen LogP contribution < -0.4 is 0 Å². The number of piperidine rings is 1. The lowest BCUT2D eigenvalue weighted by atomic mass is 9.43. The fourth-order valence-corrected chi connectivity index (χ4v) is 10.3.